The van der Waals surface area contributed by atoms with Gasteiger partial charge in [-0.05, 0) is 41.5 Å². The first-order valence-electron chi connectivity index (χ1n) is 10.4. The molecule has 7 heteroatoms. The first kappa shape index (κ1) is 18.1. The van der Waals surface area contributed by atoms with Crippen molar-refractivity contribution in [3.63, 3.8) is 0 Å². The third-order valence-corrected chi connectivity index (χ3v) is 6.94. The Bertz CT molecular complexity index is 1190. The fourth-order valence-electron chi connectivity index (χ4n) is 5.55. The highest BCUT2D eigenvalue weighted by Gasteiger charge is 2.59. The molecule has 1 aliphatic heterocycles. The zero-order chi connectivity index (χ0) is 21.3. The largest absolute Gasteiger partial charge is 0.320 e. The molecule has 0 radical (unpaired) electrons. The number of likely N-dealkylation sites (tertiary alicyclic amines) is 1. The zero-order valence-corrected chi connectivity index (χ0v) is 16.5. The molecule has 2 aromatic rings. The van der Waals surface area contributed by atoms with E-state index in [0.717, 1.165) is 22.4 Å². The summed E-state index contributed by atoms with van der Waals surface area (Å²) < 4.78 is 0. The molecule has 4 atom stereocenters. The molecule has 4 amide bonds. The van der Waals surface area contributed by atoms with Crippen molar-refractivity contribution >= 4 is 29.3 Å². The molecule has 6 rings (SSSR count). The molecule has 0 spiro atoms. The molecular formula is C24H19N3O4. The van der Waals surface area contributed by atoms with Crippen molar-refractivity contribution in [2.45, 2.75) is 6.42 Å². The Kier molecular flexibility index (Phi) is 3.72. The van der Waals surface area contributed by atoms with Gasteiger partial charge in [-0.2, -0.15) is 0 Å². The van der Waals surface area contributed by atoms with E-state index in [1.165, 1.54) is 0 Å². The predicted molar refractivity (Wildman–Crippen MR) is 112 cm³/mol. The monoisotopic (exact) mass is 413 g/mol. The lowest BCUT2D eigenvalue weighted by Crippen LogP contribution is -2.43. The van der Waals surface area contributed by atoms with Gasteiger partial charge in [0.05, 0.1) is 11.8 Å². The maximum Gasteiger partial charge on any atom is 0.320 e. The molecule has 7 nitrogen and oxygen atoms in total. The van der Waals surface area contributed by atoms with Gasteiger partial charge in [-0.3, -0.25) is 19.3 Å². The smallest absolute Gasteiger partial charge is 0.320 e. The number of nitrogens with one attached hydrogen (secondary N) is 2. The third-order valence-electron chi connectivity index (χ3n) is 6.94. The van der Waals surface area contributed by atoms with Crippen molar-refractivity contribution in [1.29, 1.82) is 0 Å². The third kappa shape index (κ3) is 2.52. The summed E-state index contributed by atoms with van der Waals surface area (Å²) in [6, 6.07) is 12.1. The molecule has 2 N–H and O–H groups in total. The molecule has 1 heterocycles. The van der Waals surface area contributed by atoms with E-state index in [1.54, 1.807) is 18.2 Å². The van der Waals surface area contributed by atoms with Gasteiger partial charge in [-0.1, -0.05) is 42.5 Å². The van der Waals surface area contributed by atoms with E-state index in [-0.39, 0.29) is 47.9 Å². The summed E-state index contributed by atoms with van der Waals surface area (Å²) in [5.74, 6) is -0.760. The van der Waals surface area contributed by atoms with Crippen molar-refractivity contribution in [3.8, 4) is 11.1 Å². The molecular weight excluding hydrogens is 394 g/mol. The summed E-state index contributed by atoms with van der Waals surface area (Å²) in [5, 5.41) is 5.29. The molecule has 154 valence electrons. The quantitative estimate of drug-likeness (QED) is 0.510. The van der Waals surface area contributed by atoms with E-state index in [2.05, 4.69) is 10.6 Å². The van der Waals surface area contributed by atoms with Crippen LogP contribution in [0.5, 0.6) is 0 Å². The van der Waals surface area contributed by atoms with E-state index in [0.29, 0.717) is 16.8 Å². The van der Waals surface area contributed by atoms with Crippen LogP contribution in [-0.4, -0.2) is 35.2 Å². The van der Waals surface area contributed by atoms with Gasteiger partial charge in [0.15, 0.2) is 5.78 Å². The number of hydrogen-bond acceptors (Lipinski definition) is 4. The Morgan fingerprint density at radius 2 is 1.52 bits per heavy atom. The lowest BCUT2D eigenvalue weighted by atomic mass is 9.85. The molecule has 3 aliphatic carbocycles. The van der Waals surface area contributed by atoms with Crippen LogP contribution in [0.1, 0.15) is 22.3 Å². The van der Waals surface area contributed by atoms with E-state index in [9.17, 15) is 19.2 Å². The van der Waals surface area contributed by atoms with Crippen LogP contribution in [0.15, 0.2) is 54.6 Å². The van der Waals surface area contributed by atoms with Crippen molar-refractivity contribution in [1.82, 2.24) is 10.2 Å². The van der Waals surface area contributed by atoms with Gasteiger partial charge in [0, 0.05) is 16.8 Å². The Morgan fingerprint density at radius 3 is 2.23 bits per heavy atom. The number of urea groups is 1. The predicted octanol–water partition coefficient (Wildman–Crippen LogP) is 2.78. The van der Waals surface area contributed by atoms with E-state index >= 15 is 0 Å². The summed E-state index contributed by atoms with van der Waals surface area (Å²) in [4.78, 5) is 51.6. The van der Waals surface area contributed by atoms with E-state index in [4.69, 9.17) is 0 Å². The summed E-state index contributed by atoms with van der Waals surface area (Å²) in [5.41, 5.74) is 3.39. The van der Waals surface area contributed by atoms with Crippen LogP contribution < -0.4 is 10.6 Å². The number of ketones is 1. The minimum Gasteiger partial charge on any atom is -0.320 e. The first-order valence-corrected chi connectivity index (χ1v) is 10.4. The lowest BCUT2D eigenvalue weighted by Gasteiger charge is -2.18. The standard InChI is InChI=1S/C24H19N3O4/c28-21-17-4-2-1-3-15(17)16-8-7-14(10-18(16)21)26-24(31)25-11-27-22(29)19-12-5-6-13(9-12)20(19)23(27)30/h1-8,10,12-13,19-20H,9,11H2,(H2,25,26,31). The van der Waals surface area contributed by atoms with Crippen molar-refractivity contribution < 1.29 is 19.2 Å². The highest BCUT2D eigenvalue weighted by atomic mass is 16.2. The van der Waals surface area contributed by atoms with Crippen molar-refractivity contribution in [2.24, 2.45) is 23.7 Å². The number of amides is 4. The molecule has 2 fully saturated rings. The van der Waals surface area contributed by atoms with Gasteiger partial charge in [0.25, 0.3) is 0 Å². The van der Waals surface area contributed by atoms with Gasteiger partial charge in [0.1, 0.15) is 6.67 Å². The average Bonchev–Trinajstić information content (AvgIpc) is 3.51. The van der Waals surface area contributed by atoms with Crippen LogP contribution in [0.2, 0.25) is 0 Å². The number of anilines is 1. The minimum atomic E-state index is -0.540. The van der Waals surface area contributed by atoms with E-state index < -0.39 is 6.03 Å². The number of fused-ring (bicyclic) bond motifs is 8. The molecule has 2 aromatic carbocycles. The summed E-state index contributed by atoms with van der Waals surface area (Å²) >= 11 is 0. The van der Waals surface area contributed by atoms with Crippen molar-refractivity contribution in [2.75, 3.05) is 12.0 Å². The normalized spacial score (nSPS) is 26.8. The lowest BCUT2D eigenvalue weighted by molar-refractivity contribution is -0.140. The molecule has 1 saturated heterocycles. The number of rotatable bonds is 3. The zero-order valence-electron chi connectivity index (χ0n) is 16.5. The molecule has 0 aromatic heterocycles. The van der Waals surface area contributed by atoms with Gasteiger partial charge in [-0.25, -0.2) is 4.79 Å². The SMILES string of the molecule is O=C(NCN1C(=O)C2C3C=CC(C3)C2C1=O)Nc1ccc2c(c1)C(=O)c1ccccc1-2. The fraction of sp³-hybridized carbons (Fsp3) is 0.250. The number of benzene rings is 2. The van der Waals surface area contributed by atoms with Crippen LogP contribution in [0, 0.1) is 23.7 Å². The average molecular weight is 413 g/mol. The Morgan fingerprint density at radius 1 is 0.871 bits per heavy atom. The number of allylic oxidation sites excluding steroid dienone is 2. The summed E-state index contributed by atoms with van der Waals surface area (Å²) in [6.07, 6.45) is 4.94. The second kappa shape index (κ2) is 6.38. The summed E-state index contributed by atoms with van der Waals surface area (Å²) in [7, 11) is 0. The molecule has 31 heavy (non-hydrogen) atoms. The number of hydrogen-bond donors (Lipinski definition) is 2. The second-order valence-corrected chi connectivity index (χ2v) is 8.53. The van der Waals surface area contributed by atoms with Crippen LogP contribution in [-0.2, 0) is 9.59 Å². The van der Waals surface area contributed by atoms with Crippen LogP contribution >= 0.6 is 0 Å². The molecule has 4 aliphatic rings. The molecule has 2 bridgehead atoms. The van der Waals surface area contributed by atoms with Gasteiger partial charge in [-0.15, -0.1) is 0 Å². The van der Waals surface area contributed by atoms with Gasteiger partial charge in [0.2, 0.25) is 11.8 Å². The number of nitrogens with zero attached hydrogens (tertiary/aromatic N) is 1. The van der Waals surface area contributed by atoms with Crippen LogP contribution in [0.4, 0.5) is 10.5 Å². The summed E-state index contributed by atoms with van der Waals surface area (Å²) in [6.45, 7) is -0.161. The van der Waals surface area contributed by atoms with Crippen LogP contribution in [0.3, 0.4) is 0 Å². The van der Waals surface area contributed by atoms with Gasteiger partial charge < -0.3 is 10.6 Å². The highest BCUT2D eigenvalue weighted by molar-refractivity contribution is 6.22. The second-order valence-electron chi connectivity index (χ2n) is 8.53. The Labute approximate surface area is 178 Å². The van der Waals surface area contributed by atoms with Crippen molar-refractivity contribution in [3.05, 3.63) is 65.7 Å². The van der Waals surface area contributed by atoms with E-state index in [1.807, 2.05) is 36.4 Å². The van der Waals surface area contributed by atoms with Gasteiger partial charge >= 0.3 is 6.03 Å². The topological polar surface area (TPSA) is 95.6 Å². The number of carbonyl (C=O) groups is 4. The number of imide groups is 1. The maximum atomic E-state index is 12.7. The Hall–Kier alpha value is -3.74. The molecule has 4 unspecified atom stereocenters. The molecule has 1 saturated carbocycles. The highest BCUT2D eigenvalue weighted by Crippen LogP contribution is 2.52. The number of carbonyl (C=O) groups excluding carboxylic acids is 4. The first-order chi connectivity index (χ1) is 15.0. The maximum absolute atomic E-state index is 12.7. The fourth-order valence-corrected chi connectivity index (χ4v) is 5.55. The van der Waals surface area contributed by atoms with Crippen LogP contribution in [0.25, 0.3) is 11.1 Å². The Balaban J connectivity index is 1.13. The minimum absolute atomic E-state index is 0.0716.